The second-order valence-electron chi connectivity index (χ2n) is 3.65. The van der Waals surface area contributed by atoms with Gasteiger partial charge in [0.15, 0.2) is 0 Å². The lowest BCUT2D eigenvalue weighted by atomic mass is 10.5. The summed E-state index contributed by atoms with van der Waals surface area (Å²) in [5.74, 6) is 0.317. The third kappa shape index (κ3) is 5.15. The van der Waals surface area contributed by atoms with Crippen LogP contribution in [0, 0.1) is 0 Å². The van der Waals surface area contributed by atoms with Crippen molar-refractivity contribution in [3.8, 4) is 11.8 Å². The molecule has 0 atom stereocenters. The molecule has 2 aromatic rings. The van der Waals surface area contributed by atoms with Crippen LogP contribution in [0.15, 0.2) is 48.8 Å². The van der Waals surface area contributed by atoms with E-state index in [1.54, 1.807) is 24.3 Å². The first-order valence-electron chi connectivity index (χ1n) is 5.97. The Morgan fingerprint density at radius 3 is 1.71 bits per heavy atom. The van der Waals surface area contributed by atoms with Gasteiger partial charge in [0.1, 0.15) is 0 Å². The molecule has 0 bridgehead atoms. The lowest BCUT2D eigenvalue weighted by Crippen LogP contribution is -2.39. The highest BCUT2D eigenvalue weighted by molar-refractivity contribution is 5.72. The van der Waals surface area contributed by atoms with Crippen LogP contribution in [-0.2, 0) is 0 Å². The molecule has 2 N–H and O–H groups in total. The van der Waals surface area contributed by atoms with Crippen molar-refractivity contribution in [1.82, 2.24) is 20.6 Å². The van der Waals surface area contributed by atoms with Crippen molar-refractivity contribution in [3.63, 3.8) is 0 Å². The summed E-state index contributed by atoms with van der Waals surface area (Å²) in [4.78, 5) is 30.4. The standard InChI is InChI=1S/C13H12N4O4/c18-12(20-10-5-1-3-7-14-10)16-9-17-13(19)21-11-6-2-4-8-15-11/h1-8H,9H2,(H,16,18)(H,17,19). The Bertz CT molecular complexity index is 538. The third-order valence-corrected chi connectivity index (χ3v) is 2.14. The molecule has 0 radical (unpaired) electrons. The van der Waals surface area contributed by atoms with Gasteiger partial charge in [-0.1, -0.05) is 12.1 Å². The molecule has 2 heterocycles. The number of carbonyl (C=O) groups is 2. The number of pyridine rings is 2. The lowest BCUT2D eigenvalue weighted by Gasteiger charge is -2.07. The fraction of sp³-hybridized carbons (Fsp3) is 0.0769. The summed E-state index contributed by atoms with van der Waals surface area (Å²) >= 11 is 0. The van der Waals surface area contributed by atoms with Crippen molar-refractivity contribution in [2.75, 3.05) is 6.67 Å². The van der Waals surface area contributed by atoms with Crippen LogP contribution in [0.1, 0.15) is 0 Å². The van der Waals surface area contributed by atoms with E-state index in [0.29, 0.717) is 0 Å². The van der Waals surface area contributed by atoms with Crippen LogP contribution in [0.3, 0.4) is 0 Å². The zero-order chi connectivity index (χ0) is 14.9. The molecule has 8 heteroatoms. The van der Waals surface area contributed by atoms with Gasteiger partial charge in [0.25, 0.3) is 0 Å². The maximum atomic E-state index is 11.4. The zero-order valence-corrected chi connectivity index (χ0v) is 10.9. The van der Waals surface area contributed by atoms with E-state index >= 15 is 0 Å². The molecule has 0 fully saturated rings. The van der Waals surface area contributed by atoms with E-state index in [0.717, 1.165) is 0 Å². The molecular formula is C13H12N4O4. The number of nitrogens with one attached hydrogen (secondary N) is 2. The van der Waals surface area contributed by atoms with Gasteiger partial charge < -0.3 is 20.1 Å². The second kappa shape index (κ2) is 7.43. The van der Waals surface area contributed by atoms with Gasteiger partial charge in [-0.15, -0.1) is 0 Å². The van der Waals surface area contributed by atoms with E-state index < -0.39 is 12.2 Å². The summed E-state index contributed by atoms with van der Waals surface area (Å²) in [5, 5.41) is 4.63. The van der Waals surface area contributed by atoms with Crippen molar-refractivity contribution in [2.45, 2.75) is 0 Å². The maximum absolute atomic E-state index is 11.4. The Hall–Kier alpha value is -3.16. The fourth-order valence-electron chi connectivity index (χ4n) is 1.27. The molecule has 0 aromatic carbocycles. The van der Waals surface area contributed by atoms with Gasteiger partial charge >= 0.3 is 12.2 Å². The minimum absolute atomic E-state index is 0.155. The predicted molar refractivity (Wildman–Crippen MR) is 71.7 cm³/mol. The van der Waals surface area contributed by atoms with Crippen LogP contribution in [0.25, 0.3) is 0 Å². The van der Waals surface area contributed by atoms with Crippen LogP contribution in [0.5, 0.6) is 11.8 Å². The number of nitrogens with zero attached hydrogens (tertiary/aromatic N) is 2. The smallest absolute Gasteiger partial charge is 0.391 e. The minimum atomic E-state index is -0.744. The first-order valence-corrected chi connectivity index (χ1v) is 5.97. The predicted octanol–water partition coefficient (Wildman–Crippen LogP) is 1.31. The van der Waals surface area contributed by atoms with Crippen LogP contribution in [0.4, 0.5) is 9.59 Å². The molecule has 0 unspecified atom stereocenters. The van der Waals surface area contributed by atoms with Crippen molar-refractivity contribution in [2.24, 2.45) is 0 Å². The Balaban J connectivity index is 1.67. The fourth-order valence-corrected chi connectivity index (χ4v) is 1.27. The zero-order valence-electron chi connectivity index (χ0n) is 10.9. The molecule has 2 aromatic heterocycles. The Morgan fingerprint density at radius 1 is 0.857 bits per heavy atom. The van der Waals surface area contributed by atoms with Gasteiger partial charge in [-0.05, 0) is 12.1 Å². The highest BCUT2D eigenvalue weighted by Crippen LogP contribution is 2.03. The topological polar surface area (TPSA) is 102 Å². The van der Waals surface area contributed by atoms with E-state index in [4.69, 9.17) is 9.47 Å². The molecule has 0 aliphatic carbocycles. The molecule has 8 nitrogen and oxygen atoms in total. The van der Waals surface area contributed by atoms with Gasteiger partial charge in [0.05, 0.1) is 6.67 Å². The van der Waals surface area contributed by atoms with Crippen LogP contribution < -0.4 is 20.1 Å². The quantitative estimate of drug-likeness (QED) is 0.822. The average Bonchev–Trinajstić information content (AvgIpc) is 2.49. The van der Waals surface area contributed by atoms with Gasteiger partial charge in [0, 0.05) is 24.5 Å². The molecule has 0 spiro atoms. The Morgan fingerprint density at radius 2 is 1.33 bits per heavy atom. The van der Waals surface area contributed by atoms with Crippen LogP contribution in [-0.4, -0.2) is 28.8 Å². The molecule has 108 valence electrons. The number of carbonyl (C=O) groups excluding carboxylic acids is 2. The normalized spacial score (nSPS) is 9.52. The van der Waals surface area contributed by atoms with E-state index in [-0.39, 0.29) is 18.4 Å². The molecule has 2 rings (SSSR count). The summed E-state index contributed by atoms with van der Waals surface area (Å²) in [6, 6.07) is 9.81. The van der Waals surface area contributed by atoms with E-state index in [1.807, 2.05) is 0 Å². The third-order valence-electron chi connectivity index (χ3n) is 2.14. The molecule has 21 heavy (non-hydrogen) atoms. The summed E-state index contributed by atoms with van der Waals surface area (Å²) < 4.78 is 9.70. The SMILES string of the molecule is O=C(NCNC(=O)Oc1ccccn1)Oc1ccccn1. The minimum Gasteiger partial charge on any atom is -0.391 e. The van der Waals surface area contributed by atoms with Crippen molar-refractivity contribution in [3.05, 3.63) is 48.8 Å². The number of amides is 2. The molecule has 0 aliphatic heterocycles. The van der Waals surface area contributed by atoms with E-state index in [9.17, 15) is 9.59 Å². The van der Waals surface area contributed by atoms with Crippen LogP contribution in [0.2, 0.25) is 0 Å². The lowest BCUT2D eigenvalue weighted by molar-refractivity contribution is 0.190. The molecule has 0 aliphatic rings. The van der Waals surface area contributed by atoms with Crippen molar-refractivity contribution < 1.29 is 19.1 Å². The maximum Gasteiger partial charge on any atom is 0.415 e. The summed E-state index contributed by atoms with van der Waals surface area (Å²) in [7, 11) is 0. The molecular weight excluding hydrogens is 276 g/mol. The Labute approximate surface area is 120 Å². The monoisotopic (exact) mass is 288 g/mol. The number of rotatable bonds is 4. The molecule has 0 saturated carbocycles. The number of hydrogen-bond acceptors (Lipinski definition) is 6. The molecule has 0 saturated heterocycles. The van der Waals surface area contributed by atoms with Gasteiger partial charge in [-0.25, -0.2) is 19.6 Å². The highest BCUT2D eigenvalue weighted by atomic mass is 16.6. The van der Waals surface area contributed by atoms with Gasteiger partial charge in [-0.3, -0.25) is 0 Å². The Kier molecular flexibility index (Phi) is 5.05. The summed E-state index contributed by atoms with van der Waals surface area (Å²) in [6.07, 6.45) is 1.49. The highest BCUT2D eigenvalue weighted by Gasteiger charge is 2.07. The number of hydrogen-bond donors (Lipinski definition) is 2. The van der Waals surface area contributed by atoms with Crippen molar-refractivity contribution in [1.29, 1.82) is 0 Å². The summed E-state index contributed by atoms with van der Waals surface area (Å²) in [5.41, 5.74) is 0. The first kappa shape index (κ1) is 14.3. The van der Waals surface area contributed by atoms with Gasteiger partial charge in [0.2, 0.25) is 11.8 Å². The average molecular weight is 288 g/mol. The van der Waals surface area contributed by atoms with Gasteiger partial charge in [-0.2, -0.15) is 0 Å². The summed E-state index contributed by atoms with van der Waals surface area (Å²) in [6.45, 7) is -0.155. The second-order valence-corrected chi connectivity index (χ2v) is 3.65. The van der Waals surface area contributed by atoms with Crippen LogP contribution >= 0.6 is 0 Å². The number of aromatic nitrogens is 2. The number of ether oxygens (including phenoxy) is 2. The largest absolute Gasteiger partial charge is 0.415 e. The van der Waals surface area contributed by atoms with E-state index in [2.05, 4.69) is 20.6 Å². The van der Waals surface area contributed by atoms with E-state index in [1.165, 1.54) is 24.5 Å². The molecule has 2 amide bonds. The van der Waals surface area contributed by atoms with Crippen molar-refractivity contribution >= 4 is 12.2 Å². The first-order chi connectivity index (χ1) is 10.2.